The van der Waals surface area contributed by atoms with Crippen LogP contribution < -0.4 is 10.2 Å². The van der Waals surface area contributed by atoms with E-state index in [-0.39, 0.29) is 52.7 Å². The van der Waals surface area contributed by atoms with Crippen LogP contribution in [0.4, 0.5) is 0 Å². The van der Waals surface area contributed by atoms with E-state index >= 15 is 0 Å². The van der Waals surface area contributed by atoms with Crippen LogP contribution in [0.2, 0.25) is 0 Å². The molecule has 0 bridgehead atoms. The van der Waals surface area contributed by atoms with Gasteiger partial charge in [-0.3, -0.25) is 9.59 Å². The van der Waals surface area contributed by atoms with Crippen molar-refractivity contribution in [2.45, 2.75) is 78.6 Å². The van der Waals surface area contributed by atoms with Gasteiger partial charge in [-0.25, -0.2) is 0 Å². The molecular weight excluding hydrogens is 436 g/mol. The first-order chi connectivity index (χ1) is 15.9. The van der Waals surface area contributed by atoms with Gasteiger partial charge in [0.15, 0.2) is 0 Å². The second-order valence-electron chi connectivity index (χ2n) is 12.2. The van der Waals surface area contributed by atoms with Crippen molar-refractivity contribution in [1.29, 1.82) is 0 Å². The number of aliphatic carboxylic acids is 2. The van der Waals surface area contributed by atoms with Gasteiger partial charge in [-0.2, -0.15) is 0 Å². The molecule has 4 aliphatic rings. The van der Waals surface area contributed by atoms with Crippen LogP contribution in [-0.2, 0) is 23.9 Å². The zero-order valence-electron chi connectivity index (χ0n) is 20.8. The fourth-order valence-electron chi connectivity index (χ4n) is 9.12. The standard InChI is InChI=1S/C27H40O7/c1-14(5-8-22(29)34-4)17-6-7-18-23-19(13-20(25(32)33)27(17,18)3)26(2)10-9-15(24(30)31)11-16(26)12-21(23)28/h14-20,23H,5-13H2,1-4H3,(H,30,31)(H,32,33)/p-2/t14-,15+,16-,17+,18-,19+,20+,23+,26-,27+/m0/s1. The quantitative estimate of drug-likeness (QED) is 0.537. The third-order valence-electron chi connectivity index (χ3n) is 11.0. The number of esters is 1. The van der Waals surface area contributed by atoms with E-state index in [0.717, 1.165) is 12.8 Å². The average molecular weight is 475 g/mol. The molecule has 0 aromatic carbocycles. The largest absolute Gasteiger partial charge is 0.550 e. The molecule has 0 aromatic heterocycles. The maximum absolute atomic E-state index is 13.6. The molecule has 7 nitrogen and oxygen atoms in total. The molecule has 190 valence electrons. The van der Waals surface area contributed by atoms with Gasteiger partial charge in [0, 0.05) is 36.6 Å². The molecule has 4 rings (SSSR count). The molecule has 0 amide bonds. The van der Waals surface area contributed by atoms with Crippen molar-refractivity contribution in [2.75, 3.05) is 7.11 Å². The third-order valence-corrected chi connectivity index (χ3v) is 11.0. The van der Waals surface area contributed by atoms with Crippen molar-refractivity contribution in [3.63, 3.8) is 0 Å². The Hall–Kier alpha value is -1.92. The molecule has 0 saturated heterocycles. The highest BCUT2D eigenvalue weighted by Gasteiger charge is 2.66. The summed E-state index contributed by atoms with van der Waals surface area (Å²) in [7, 11) is 1.37. The number of ketones is 1. The maximum Gasteiger partial charge on any atom is 0.305 e. The summed E-state index contributed by atoms with van der Waals surface area (Å²) in [6, 6.07) is 0. The molecule has 0 heterocycles. The smallest absolute Gasteiger partial charge is 0.305 e. The topological polar surface area (TPSA) is 124 Å². The number of rotatable bonds is 6. The minimum absolute atomic E-state index is 0.0242. The van der Waals surface area contributed by atoms with Crippen molar-refractivity contribution in [1.82, 2.24) is 0 Å². The van der Waals surface area contributed by atoms with Crippen molar-refractivity contribution in [2.24, 2.45) is 58.2 Å². The molecule has 0 aliphatic heterocycles. The lowest BCUT2D eigenvalue weighted by Crippen LogP contribution is -2.62. The van der Waals surface area contributed by atoms with Gasteiger partial charge in [-0.05, 0) is 91.3 Å². The molecule has 4 saturated carbocycles. The van der Waals surface area contributed by atoms with Crippen LogP contribution in [0.1, 0.15) is 78.6 Å². The van der Waals surface area contributed by atoms with Gasteiger partial charge in [-0.1, -0.05) is 20.8 Å². The predicted octanol–water partition coefficient (Wildman–Crippen LogP) is 1.76. The summed E-state index contributed by atoms with van der Waals surface area (Å²) < 4.78 is 4.79. The van der Waals surface area contributed by atoms with Crippen LogP contribution in [-0.4, -0.2) is 30.8 Å². The Bertz CT molecular complexity index is 867. The zero-order valence-corrected chi connectivity index (χ0v) is 20.8. The molecule has 4 fully saturated rings. The number of ether oxygens (including phenoxy) is 1. The summed E-state index contributed by atoms with van der Waals surface area (Å²) in [6.45, 7) is 6.30. The number of carboxylic acids is 2. The summed E-state index contributed by atoms with van der Waals surface area (Å²) >= 11 is 0. The molecule has 4 aliphatic carbocycles. The number of carbonyl (C=O) groups excluding carboxylic acids is 4. The number of fused-ring (bicyclic) bond motifs is 5. The normalized spacial score (nSPS) is 44.4. The van der Waals surface area contributed by atoms with Crippen LogP contribution in [0.25, 0.3) is 0 Å². The van der Waals surface area contributed by atoms with E-state index in [9.17, 15) is 29.4 Å². The first kappa shape index (κ1) is 25.2. The van der Waals surface area contributed by atoms with Crippen molar-refractivity contribution in [3.8, 4) is 0 Å². The highest BCUT2D eigenvalue weighted by atomic mass is 16.5. The number of hydrogen-bond acceptors (Lipinski definition) is 7. The highest BCUT2D eigenvalue weighted by Crippen LogP contribution is 2.69. The second kappa shape index (κ2) is 8.94. The van der Waals surface area contributed by atoms with Gasteiger partial charge in [0.1, 0.15) is 5.78 Å². The molecule has 0 N–H and O–H groups in total. The van der Waals surface area contributed by atoms with Gasteiger partial charge >= 0.3 is 5.97 Å². The third kappa shape index (κ3) is 3.78. The second-order valence-corrected chi connectivity index (χ2v) is 12.2. The summed E-state index contributed by atoms with van der Waals surface area (Å²) in [6.07, 6.45) is 5.03. The van der Waals surface area contributed by atoms with Crippen molar-refractivity contribution in [3.05, 3.63) is 0 Å². The Morgan fingerprint density at radius 1 is 1.06 bits per heavy atom. The lowest BCUT2D eigenvalue weighted by atomic mass is 9.41. The van der Waals surface area contributed by atoms with E-state index in [1.165, 1.54) is 7.11 Å². The Balaban J connectivity index is 1.65. The summed E-state index contributed by atoms with van der Waals surface area (Å²) in [5.41, 5.74) is -0.801. The molecule has 0 unspecified atom stereocenters. The average Bonchev–Trinajstić information content (AvgIpc) is 3.14. The highest BCUT2D eigenvalue weighted by molar-refractivity contribution is 5.84. The van der Waals surface area contributed by atoms with Gasteiger partial charge < -0.3 is 24.5 Å². The van der Waals surface area contributed by atoms with Crippen LogP contribution in [0.15, 0.2) is 0 Å². The van der Waals surface area contributed by atoms with E-state index in [2.05, 4.69) is 20.8 Å². The first-order valence-electron chi connectivity index (χ1n) is 13.0. The van der Waals surface area contributed by atoms with Crippen LogP contribution >= 0.6 is 0 Å². The predicted molar refractivity (Wildman–Crippen MR) is 118 cm³/mol. The van der Waals surface area contributed by atoms with Crippen LogP contribution in [0.3, 0.4) is 0 Å². The van der Waals surface area contributed by atoms with Crippen molar-refractivity contribution >= 4 is 23.7 Å². The van der Waals surface area contributed by atoms with Gasteiger partial charge in [0.25, 0.3) is 0 Å². The number of carboxylic acid groups (broad SMARTS) is 2. The monoisotopic (exact) mass is 474 g/mol. The molecule has 0 aromatic rings. The Kier molecular flexibility index (Phi) is 6.62. The van der Waals surface area contributed by atoms with E-state index in [1.54, 1.807) is 0 Å². The van der Waals surface area contributed by atoms with Crippen molar-refractivity contribution < 1.29 is 34.1 Å². The van der Waals surface area contributed by atoms with Gasteiger partial charge in [0.05, 0.1) is 7.11 Å². The minimum Gasteiger partial charge on any atom is -0.550 e. The van der Waals surface area contributed by atoms with E-state index in [1.807, 2.05) is 0 Å². The summed E-state index contributed by atoms with van der Waals surface area (Å²) in [4.78, 5) is 49.4. The van der Waals surface area contributed by atoms with Gasteiger partial charge in [0.2, 0.25) is 0 Å². The lowest BCUT2D eigenvalue weighted by molar-refractivity contribution is -0.321. The summed E-state index contributed by atoms with van der Waals surface area (Å²) in [5, 5.41) is 24.1. The number of carbonyl (C=O) groups is 4. The molecule has 0 radical (unpaired) electrons. The molecular formula is C27H38O7-2. The fraction of sp³-hybridized carbons (Fsp3) is 0.852. The molecule has 7 heteroatoms. The first-order valence-corrected chi connectivity index (χ1v) is 13.0. The molecule has 0 spiro atoms. The van der Waals surface area contributed by atoms with Gasteiger partial charge in [-0.15, -0.1) is 0 Å². The Morgan fingerprint density at radius 2 is 1.76 bits per heavy atom. The molecule has 10 atom stereocenters. The number of Topliss-reactive ketones (excluding diaryl/α,β-unsaturated/α-hetero) is 1. The Labute approximate surface area is 202 Å². The zero-order chi connectivity index (χ0) is 25.0. The van der Waals surface area contributed by atoms with E-state index < -0.39 is 29.2 Å². The van der Waals surface area contributed by atoms with E-state index in [0.29, 0.717) is 44.9 Å². The number of hydrogen-bond donors (Lipinski definition) is 0. The summed E-state index contributed by atoms with van der Waals surface area (Å²) in [5.74, 6) is -3.43. The minimum atomic E-state index is -1.04. The lowest BCUT2D eigenvalue weighted by Gasteiger charge is -2.63. The van der Waals surface area contributed by atoms with Crippen LogP contribution in [0.5, 0.6) is 0 Å². The SMILES string of the molecule is COC(=O)CC[C@H](C)[C@H]1CC[C@H]2[C@H]3C(=O)C[C@@H]4C[C@H](C(=O)[O-])CC[C@]4(C)[C@@H]3C[C@H](C(=O)[O-])[C@]12C. The van der Waals surface area contributed by atoms with Crippen LogP contribution in [0, 0.1) is 58.2 Å². The maximum atomic E-state index is 13.6. The number of methoxy groups -OCH3 is 1. The Morgan fingerprint density at radius 3 is 2.38 bits per heavy atom. The van der Waals surface area contributed by atoms with E-state index in [4.69, 9.17) is 4.74 Å². The molecule has 34 heavy (non-hydrogen) atoms. The fourth-order valence-corrected chi connectivity index (χ4v) is 9.12.